The number of rotatable bonds is 3. The number of nitrogen functional groups attached to an aromatic ring is 1. The fourth-order valence-corrected chi connectivity index (χ4v) is 1.75. The zero-order valence-electron chi connectivity index (χ0n) is 9.83. The van der Waals surface area contributed by atoms with E-state index in [-0.39, 0.29) is 16.8 Å². The standard InChI is InChI=1S/C14H11NO4/c15-12-5-4-9(7-11(12)14(18)19)8-2-1-3-10(6-8)13(16)17/h1-7H,15H2,(H,16,17)(H,18,19). The van der Waals surface area contributed by atoms with Crippen LogP contribution in [-0.2, 0) is 0 Å². The number of aromatic carboxylic acids is 2. The number of carbonyl (C=O) groups is 2. The molecule has 0 unspecified atom stereocenters. The van der Waals surface area contributed by atoms with Crippen LogP contribution >= 0.6 is 0 Å². The summed E-state index contributed by atoms with van der Waals surface area (Å²) in [5.41, 5.74) is 7.12. The number of hydrogen-bond acceptors (Lipinski definition) is 3. The maximum absolute atomic E-state index is 11.0. The van der Waals surface area contributed by atoms with Crippen LogP contribution in [0.4, 0.5) is 5.69 Å². The number of carboxylic acid groups (broad SMARTS) is 2. The van der Waals surface area contributed by atoms with Gasteiger partial charge in [-0.2, -0.15) is 0 Å². The van der Waals surface area contributed by atoms with Crippen LogP contribution in [0.25, 0.3) is 11.1 Å². The lowest BCUT2D eigenvalue weighted by Crippen LogP contribution is -2.02. The van der Waals surface area contributed by atoms with Crippen molar-refractivity contribution in [2.24, 2.45) is 0 Å². The van der Waals surface area contributed by atoms with Crippen molar-refractivity contribution in [3.63, 3.8) is 0 Å². The first-order valence-corrected chi connectivity index (χ1v) is 5.45. The summed E-state index contributed by atoms with van der Waals surface area (Å²) in [4.78, 5) is 21.9. The average molecular weight is 257 g/mol. The van der Waals surface area contributed by atoms with Gasteiger partial charge in [0.25, 0.3) is 0 Å². The van der Waals surface area contributed by atoms with E-state index in [2.05, 4.69) is 0 Å². The van der Waals surface area contributed by atoms with E-state index in [1.54, 1.807) is 18.2 Å². The number of benzene rings is 2. The highest BCUT2D eigenvalue weighted by Gasteiger charge is 2.10. The summed E-state index contributed by atoms with van der Waals surface area (Å²) in [6, 6.07) is 10.9. The second-order valence-electron chi connectivity index (χ2n) is 3.99. The molecular weight excluding hydrogens is 246 g/mol. The first kappa shape index (κ1) is 12.6. The molecule has 5 heteroatoms. The lowest BCUT2D eigenvalue weighted by Gasteiger charge is -2.06. The molecule has 0 radical (unpaired) electrons. The monoisotopic (exact) mass is 257 g/mol. The van der Waals surface area contributed by atoms with Crippen LogP contribution in [0.2, 0.25) is 0 Å². The molecule has 0 bridgehead atoms. The van der Waals surface area contributed by atoms with Crippen LogP contribution < -0.4 is 5.73 Å². The SMILES string of the molecule is Nc1ccc(-c2cccc(C(=O)O)c2)cc1C(=O)O. The minimum absolute atomic E-state index is 0.00164. The van der Waals surface area contributed by atoms with Gasteiger partial charge >= 0.3 is 11.9 Å². The maximum atomic E-state index is 11.0. The Labute approximate surface area is 108 Å². The summed E-state index contributed by atoms with van der Waals surface area (Å²) < 4.78 is 0. The Hall–Kier alpha value is -2.82. The van der Waals surface area contributed by atoms with Crippen molar-refractivity contribution >= 4 is 17.6 Å². The Balaban J connectivity index is 2.53. The van der Waals surface area contributed by atoms with Gasteiger partial charge in [-0.3, -0.25) is 0 Å². The molecule has 0 saturated heterocycles. The molecule has 0 atom stereocenters. The molecule has 2 aromatic rings. The lowest BCUT2D eigenvalue weighted by molar-refractivity contribution is 0.0686. The Morgan fingerprint density at radius 3 is 2.21 bits per heavy atom. The zero-order valence-corrected chi connectivity index (χ0v) is 9.83. The average Bonchev–Trinajstić information content (AvgIpc) is 2.39. The third kappa shape index (κ3) is 2.55. The molecule has 2 aromatic carbocycles. The van der Waals surface area contributed by atoms with E-state index in [1.807, 2.05) is 0 Å². The van der Waals surface area contributed by atoms with E-state index >= 15 is 0 Å². The normalized spacial score (nSPS) is 10.1. The quantitative estimate of drug-likeness (QED) is 0.732. The molecule has 0 spiro atoms. The van der Waals surface area contributed by atoms with E-state index < -0.39 is 11.9 Å². The van der Waals surface area contributed by atoms with Crippen molar-refractivity contribution < 1.29 is 19.8 Å². The highest BCUT2D eigenvalue weighted by Crippen LogP contribution is 2.24. The molecule has 0 aliphatic rings. The van der Waals surface area contributed by atoms with E-state index in [0.29, 0.717) is 11.1 Å². The predicted molar refractivity (Wildman–Crippen MR) is 70.2 cm³/mol. The molecule has 19 heavy (non-hydrogen) atoms. The van der Waals surface area contributed by atoms with Crippen LogP contribution in [0.15, 0.2) is 42.5 Å². The minimum atomic E-state index is -1.12. The Morgan fingerprint density at radius 2 is 1.58 bits per heavy atom. The second-order valence-corrected chi connectivity index (χ2v) is 3.99. The van der Waals surface area contributed by atoms with Gasteiger partial charge in [0.05, 0.1) is 11.1 Å². The Kier molecular flexibility index (Phi) is 3.20. The third-order valence-corrected chi connectivity index (χ3v) is 2.73. The van der Waals surface area contributed by atoms with Crippen molar-refractivity contribution in [3.8, 4) is 11.1 Å². The van der Waals surface area contributed by atoms with Crippen LogP contribution in [0, 0.1) is 0 Å². The molecule has 4 N–H and O–H groups in total. The first-order valence-electron chi connectivity index (χ1n) is 5.45. The molecule has 0 amide bonds. The van der Waals surface area contributed by atoms with Crippen molar-refractivity contribution in [2.75, 3.05) is 5.73 Å². The lowest BCUT2D eigenvalue weighted by atomic mass is 10.00. The van der Waals surface area contributed by atoms with Crippen LogP contribution in [0.1, 0.15) is 20.7 Å². The van der Waals surface area contributed by atoms with Gasteiger partial charge in [-0.25, -0.2) is 9.59 Å². The van der Waals surface area contributed by atoms with Gasteiger partial charge < -0.3 is 15.9 Å². The molecule has 0 fully saturated rings. The number of anilines is 1. The summed E-state index contributed by atoms with van der Waals surface area (Å²) in [5.74, 6) is -2.15. The highest BCUT2D eigenvalue weighted by atomic mass is 16.4. The van der Waals surface area contributed by atoms with Gasteiger partial charge in [0.15, 0.2) is 0 Å². The fourth-order valence-electron chi connectivity index (χ4n) is 1.75. The molecule has 0 aliphatic carbocycles. The largest absolute Gasteiger partial charge is 0.478 e. The number of carboxylic acids is 2. The predicted octanol–water partition coefficient (Wildman–Crippen LogP) is 2.33. The number of hydrogen-bond donors (Lipinski definition) is 3. The minimum Gasteiger partial charge on any atom is -0.478 e. The van der Waals surface area contributed by atoms with Crippen molar-refractivity contribution in [2.45, 2.75) is 0 Å². The van der Waals surface area contributed by atoms with Gasteiger partial charge in [0, 0.05) is 5.69 Å². The van der Waals surface area contributed by atoms with Gasteiger partial charge in [-0.1, -0.05) is 18.2 Å². The molecule has 0 heterocycles. The van der Waals surface area contributed by atoms with Gasteiger partial charge in [-0.05, 0) is 35.4 Å². The number of nitrogens with two attached hydrogens (primary N) is 1. The molecular formula is C14H11NO4. The van der Waals surface area contributed by atoms with E-state index in [4.69, 9.17) is 15.9 Å². The summed E-state index contributed by atoms with van der Waals surface area (Å²) in [6.07, 6.45) is 0. The second kappa shape index (κ2) is 4.81. The smallest absolute Gasteiger partial charge is 0.337 e. The van der Waals surface area contributed by atoms with Crippen molar-refractivity contribution in [1.29, 1.82) is 0 Å². The maximum Gasteiger partial charge on any atom is 0.337 e. The molecule has 96 valence electrons. The molecule has 0 aromatic heterocycles. The van der Waals surface area contributed by atoms with Gasteiger partial charge in [0.2, 0.25) is 0 Å². The van der Waals surface area contributed by atoms with Crippen molar-refractivity contribution in [3.05, 3.63) is 53.6 Å². The van der Waals surface area contributed by atoms with Crippen LogP contribution in [0.5, 0.6) is 0 Å². The third-order valence-electron chi connectivity index (χ3n) is 2.73. The topological polar surface area (TPSA) is 101 Å². The molecule has 2 rings (SSSR count). The first-order chi connectivity index (χ1) is 8.99. The summed E-state index contributed by atoms with van der Waals surface area (Å²) in [7, 11) is 0. The van der Waals surface area contributed by atoms with E-state index in [9.17, 15) is 9.59 Å². The van der Waals surface area contributed by atoms with Crippen LogP contribution in [-0.4, -0.2) is 22.2 Å². The molecule has 0 aliphatic heterocycles. The fraction of sp³-hybridized carbons (Fsp3) is 0. The zero-order chi connectivity index (χ0) is 14.0. The van der Waals surface area contributed by atoms with Gasteiger partial charge in [-0.15, -0.1) is 0 Å². The van der Waals surface area contributed by atoms with E-state index in [0.717, 1.165) is 0 Å². The van der Waals surface area contributed by atoms with Crippen LogP contribution in [0.3, 0.4) is 0 Å². The Bertz CT molecular complexity index is 664. The highest BCUT2D eigenvalue weighted by molar-refractivity contribution is 5.95. The van der Waals surface area contributed by atoms with Gasteiger partial charge in [0.1, 0.15) is 0 Å². The van der Waals surface area contributed by atoms with Crippen molar-refractivity contribution in [1.82, 2.24) is 0 Å². The summed E-state index contributed by atoms with van der Waals surface area (Å²) in [5, 5.41) is 17.9. The summed E-state index contributed by atoms with van der Waals surface area (Å²) in [6.45, 7) is 0. The Morgan fingerprint density at radius 1 is 0.895 bits per heavy atom. The molecule has 0 saturated carbocycles. The van der Waals surface area contributed by atoms with E-state index in [1.165, 1.54) is 24.3 Å². The molecule has 5 nitrogen and oxygen atoms in total. The summed E-state index contributed by atoms with van der Waals surface area (Å²) >= 11 is 0.